The Labute approximate surface area is 158 Å². The molecule has 0 saturated heterocycles. The summed E-state index contributed by atoms with van der Waals surface area (Å²) in [5.74, 6) is 1.49. The fourth-order valence-corrected chi connectivity index (χ4v) is 3.22. The molecule has 27 heavy (non-hydrogen) atoms. The Kier molecular flexibility index (Phi) is 4.66. The first-order valence-corrected chi connectivity index (χ1v) is 9.29. The summed E-state index contributed by atoms with van der Waals surface area (Å²) >= 11 is 0. The molecule has 1 fully saturated rings. The van der Waals surface area contributed by atoms with Gasteiger partial charge in [0, 0.05) is 30.8 Å². The van der Waals surface area contributed by atoms with Crippen LogP contribution in [0.1, 0.15) is 31.7 Å². The third-order valence-electron chi connectivity index (χ3n) is 4.65. The molecule has 2 aromatic heterocycles. The zero-order valence-corrected chi connectivity index (χ0v) is 15.5. The summed E-state index contributed by atoms with van der Waals surface area (Å²) in [4.78, 5) is 12.3. The Morgan fingerprint density at radius 1 is 1.22 bits per heavy atom. The summed E-state index contributed by atoms with van der Waals surface area (Å²) in [6.07, 6.45) is 6.56. The number of carbonyl (C=O) groups excluding carboxylic acids is 1. The molecular weight excluding hydrogens is 340 g/mol. The number of carbonyl (C=O) groups is 1. The SMILES string of the molecule is CC(C)Cn1nccc1NC(=O)N[C@@H]1C[C@H]1c1cnn(-c2ccccc2)c1. The number of hydrogen-bond acceptors (Lipinski definition) is 3. The number of nitrogens with zero attached hydrogens (tertiary/aromatic N) is 4. The minimum Gasteiger partial charge on any atom is -0.334 e. The predicted octanol–water partition coefficient (Wildman–Crippen LogP) is 3.40. The first kappa shape index (κ1) is 17.3. The molecule has 0 spiro atoms. The van der Waals surface area contributed by atoms with E-state index in [2.05, 4.69) is 34.7 Å². The number of amides is 2. The van der Waals surface area contributed by atoms with Crippen molar-refractivity contribution in [1.82, 2.24) is 24.9 Å². The molecule has 7 heteroatoms. The number of urea groups is 1. The Hall–Kier alpha value is -3.09. The number of anilines is 1. The monoisotopic (exact) mass is 364 g/mol. The molecule has 1 saturated carbocycles. The maximum Gasteiger partial charge on any atom is 0.320 e. The third-order valence-corrected chi connectivity index (χ3v) is 4.65. The van der Waals surface area contributed by atoms with Crippen LogP contribution in [0, 0.1) is 5.92 Å². The van der Waals surface area contributed by atoms with Crippen molar-refractivity contribution in [3.63, 3.8) is 0 Å². The van der Waals surface area contributed by atoms with Crippen molar-refractivity contribution >= 4 is 11.8 Å². The van der Waals surface area contributed by atoms with Crippen molar-refractivity contribution in [2.24, 2.45) is 5.92 Å². The van der Waals surface area contributed by atoms with E-state index in [1.54, 1.807) is 6.20 Å². The van der Waals surface area contributed by atoms with Crippen LogP contribution >= 0.6 is 0 Å². The molecule has 4 rings (SSSR count). The van der Waals surface area contributed by atoms with Gasteiger partial charge in [0.1, 0.15) is 5.82 Å². The number of rotatable bonds is 6. The first-order valence-electron chi connectivity index (χ1n) is 9.29. The average Bonchev–Trinajstić information content (AvgIpc) is 3.04. The molecule has 2 amide bonds. The maximum atomic E-state index is 12.3. The van der Waals surface area contributed by atoms with Gasteiger partial charge in [0.15, 0.2) is 0 Å². The van der Waals surface area contributed by atoms with Crippen LogP contribution in [0.25, 0.3) is 5.69 Å². The Morgan fingerprint density at radius 3 is 2.81 bits per heavy atom. The largest absolute Gasteiger partial charge is 0.334 e. The molecule has 3 aromatic rings. The van der Waals surface area contributed by atoms with E-state index in [0.29, 0.717) is 11.8 Å². The summed E-state index contributed by atoms with van der Waals surface area (Å²) in [5.41, 5.74) is 2.18. The Balaban J connectivity index is 1.33. The second-order valence-corrected chi connectivity index (χ2v) is 7.39. The van der Waals surface area contributed by atoms with Crippen molar-refractivity contribution in [2.45, 2.75) is 38.8 Å². The zero-order valence-electron chi connectivity index (χ0n) is 15.5. The van der Waals surface area contributed by atoms with E-state index >= 15 is 0 Å². The lowest BCUT2D eigenvalue weighted by Crippen LogP contribution is -2.32. The molecular formula is C20H24N6O. The van der Waals surface area contributed by atoms with Gasteiger partial charge < -0.3 is 5.32 Å². The molecule has 2 heterocycles. The van der Waals surface area contributed by atoms with Gasteiger partial charge in [-0.05, 0) is 30.0 Å². The number of para-hydroxylation sites is 1. The smallest absolute Gasteiger partial charge is 0.320 e. The lowest BCUT2D eigenvalue weighted by molar-refractivity contribution is 0.251. The molecule has 0 radical (unpaired) electrons. The standard InChI is InChI=1S/C20H24N6O/c1-14(2)12-26-19(8-9-21-26)24-20(27)23-18-10-17(18)15-11-22-25(13-15)16-6-4-3-5-7-16/h3-9,11,13-14,17-18H,10,12H2,1-2H3,(H2,23,24,27)/t17-,18+/m0/s1. The van der Waals surface area contributed by atoms with Gasteiger partial charge in [-0.1, -0.05) is 32.0 Å². The number of nitrogens with one attached hydrogen (secondary N) is 2. The minimum atomic E-state index is -0.191. The van der Waals surface area contributed by atoms with E-state index in [0.717, 1.165) is 30.0 Å². The highest BCUT2D eigenvalue weighted by atomic mass is 16.2. The van der Waals surface area contributed by atoms with Crippen molar-refractivity contribution in [1.29, 1.82) is 0 Å². The molecule has 1 aliphatic rings. The highest BCUT2D eigenvalue weighted by molar-refractivity contribution is 5.88. The van der Waals surface area contributed by atoms with E-state index < -0.39 is 0 Å². The molecule has 0 aliphatic heterocycles. The van der Waals surface area contributed by atoms with E-state index in [1.165, 1.54) is 0 Å². The normalized spacial score (nSPS) is 18.5. The maximum absolute atomic E-state index is 12.3. The van der Waals surface area contributed by atoms with Crippen LogP contribution in [0.15, 0.2) is 55.0 Å². The van der Waals surface area contributed by atoms with E-state index in [9.17, 15) is 4.79 Å². The Morgan fingerprint density at radius 2 is 2.04 bits per heavy atom. The van der Waals surface area contributed by atoms with E-state index in [1.807, 2.05) is 58.2 Å². The van der Waals surface area contributed by atoms with Crippen LogP contribution in [0.2, 0.25) is 0 Å². The number of aromatic nitrogens is 4. The summed E-state index contributed by atoms with van der Waals surface area (Å²) in [6.45, 7) is 5.01. The van der Waals surface area contributed by atoms with Crippen LogP contribution in [0.4, 0.5) is 10.6 Å². The molecule has 0 bridgehead atoms. The summed E-state index contributed by atoms with van der Waals surface area (Å²) in [7, 11) is 0. The van der Waals surface area contributed by atoms with Crippen molar-refractivity contribution in [3.8, 4) is 5.69 Å². The van der Waals surface area contributed by atoms with Gasteiger partial charge >= 0.3 is 6.03 Å². The van der Waals surface area contributed by atoms with Crippen molar-refractivity contribution < 1.29 is 4.79 Å². The molecule has 2 atom stereocenters. The van der Waals surface area contributed by atoms with Gasteiger partial charge in [-0.3, -0.25) is 5.32 Å². The van der Waals surface area contributed by atoms with Gasteiger partial charge in [-0.15, -0.1) is 0 Å². The molecule has 140 valence electrons. The fraction of sp³-hybridized carbons (Fsp3) is 0.350. The highest BCUT2D eigenvalue weighted by Gasteiger charge is 2.40. The molecule has 2 N–H and O–H groups in total. The van der Waals surface area contributed by atoms with Gasteiger partial charge in [-0.25, -0.2) is 14.2 Å². The van der Waals surface area contributed by atoms with Crippen molar-refractivity contribution in [3.05, 3.63) is 60.6 Å². The fourth-order valence-electron chi connectivity index (χ4n) is 3.22. The molecule has 0 unspecified atom stereocenters. The second-order valence-electron chi connectivity index (χ2n) is 7.39. The number of benzene rings is 1. The molecule has 7 nitrogen and oxygen atoms in total. The first-order chi connectivity index (χ1) is 13.1. The van der Waals surface area contributed by atoms with E-state index in [-0.39, 0.29) is 12.1 Å². The molecule has 1 aromatic carbocycles. The van der Waals surface area contributed by atoms with Crippen molar-refractivity contribution in [2.75, 3.05) is 5.32 Å². The van der Waals surface area contributed by atoms with Crippen LogP contribution in [0.5, 0.6) is 0 Å². The summed E-state index contributed by atoms with van der Waals surface area (Å²) in [6, 6.07) is 11.8. The molecule has 1 aliphatic carbocycles. The topological polar surface area (TPSA) is 76.8 Å². The summed E-state index contributed by atoms with van der Waals surface area (Å²) in [5, 5.41) is 14.6. The Bertz CT molecular complexity index is 913. The third kappa shape index (κ3) is 4.02. The summed E-state index contributed by atoms with van der Waals surface area (Å²) < 4.78 is 3.69. The predicted molar refractivity (Wildman–Crippen MR) is 104 cm³/mol. The van der Waals surface area contributed by atoms with Crippen LogP contribution in [0.3, 0.4) is 0 Å². The van der Waals surface area contributed by atoms with Crippen LogP contribution < -0.4 is 10.6 Å². The highest BCUT2D eigenvalue weighted by Crippen LogP contribution is 2.40. The van der Waals surface area contributed by atoms with Gasteiger partial charge in [-0.2, -0.15) is 10.2 Å². The van der Waals surface area contributed by atoms with Crippen LogP contribution in [-0.2, 0) is 6.54 Å². The minimum absolute atomic E-state index is 0.139. The van der Waals surface area contributed by atoms with Crippen LogP contribution in [-0.4, -0.2) is 31.6 Å². The second kappa shape index (κ2) is 7.26. The lowest BCUT2D eigenvalue weighted by atomic mass is 10.2. The van der Waals surface area contributed by atoms with Gasteiger partial charge in [0.2, 0.25) is 0 Å². The quantitative estimate of drug-likeness (QED) is 0.704. The van der Waals surface area contributed by atoms with Gasteiger partial charge in [0.05, 0.1) is 18.1 Å². The lowest BCUT2D eigenvalue weighted by Gasteiger charge is -2.11. The number of hydrogen-bond donors (Lipinski definition) is 2. The average molecular weight is 364 g/mol. The van der Waals surface area contributed by atoms with E-state index in [4.69, 9.17) is 0 Å². The van der Waals surface area contributed by atoms with Gasteiger partial charge in [0.25, 0.3) is 0 Å². The zero-order chi connectivity index (χ0) is 18.8.